The second-order valence-electron chi connectivity index (χ2n) is 9.61. The molecule has 0 aliphatic heterocycles. The van der Waals surface area contributed by atoms with E-state index in [0.717, 1.165) is 56.9 Å². The molecule has 4 heteroatoms. The molecule has 2 fully saturated rings. The number of ketones is 1. The maximum absolute atomic E-state index is 12.0. The van der Waals surface area contributed by atoms with Crippen molar-refractivity contribution in [3.05, 3.63) is 11.1 Å². The Hall–Kier alpha value is -1.16. The lowest BCUT2D eigenvalue weighted by atomic mass is 9.50. The molecule has 6 atom stereocenters. The Morgan fingerprint density at radius 3 is 2.39 bits per heavy atom. The zero-order chi connectivity index (χ0) is 21.1. The third-order valence-corrected chi connectivity index (χ3v) is 7.58. The number of rotatable bonds is 7. The third-order valence-electron chi connectivity index (χ3n) is 7.58. The molecule has 1 N–H and O–H groups in total. The van der Waals surface area contributed by atoms with Crippen molar-refractivity contribution < 1.29 is 19.4 Å². The number of Topliss-reactive ketones (excluding diaryl/α,β-unsaturated/α-hetero) is 1. The van der Waals surface area contributed by atoms with E-state index in [0.29, 0.717) is 17.8 Å². The van der Waals surface area contributed by atoms with Crippen LogP contribution >= 0.6 is 0 Å². The summed E-state index contributed by atoms with van der Waals surface area (Å²) < 4.78 is 5.53. The number of fused-ring (bicyclic) bond motifs is 1. The molecule has 0 radical (unpaired) electrons. The van der Waals surface area contributed by atoms with Gasteiger partial charge in [0.15, 0.2) is 5.78 Å². The van der Waals surface area contributed by atoms with Gasteiger partial charge in [0.05, 0.1) is 6.10 Å². The lowest BCUT2D eigenvalue weighted by Gasteiger charge is -2.55. The lowest BCUT2D eigenvalue weighted by molar-refractivity contribution is -0.155. The predicted octanol–water partition coefficient (Wildman–Crippen LogP) is 5.23. The zero-order valence-electron chi connectivity index (χ0n) is 18.7. The summed E-state index contributed by atoms with van der Waals surface area (Å²) in [6.45, 7) is 11.6. The van der Waals surface area contributed by atoms with Crippen LogP contribution in [0.3, 0.4) is 0 Å². The van der Waals surface area contributed by atoms with Gasteiger partial charge in [-0.15, -0.1) is 0 Å². The summed E-state index contributed by atoms with van der Waals surface area (Å²) in [6, 6.07) is 0. The van der Waals surface area contributed by atoms with E-state index >= 15 is 0 Å². The van der Waals surface area contributed by atoms with Crippen molar-refractivity contribution in [3.63, 3.8) is 0 Å². The summed E-state index contributed by atoms with van der Waals surface area (Å²) in [5.74, 6) is 1.48. The highest BCUT2D eigenvalue weighted by molar-refractivity contribution is 5.93. The number of hydrogen-bond donors (Lipinski definition) is 1. The van der Waals surface area contributed by atoms with Crippen molar-refractivity contribution in [3.8, 4) is 0 Å². The molecule has 0 aromatic carbocycles. The standard InChI is InChI=1S/C24H40O4/c1-7-22(17(4)26)15(2)12-19-8-9-20-14-21(28-18(5)27)10-11-24(20,6)23(19)13-16(3)25/h16,19-21,23,25H,7-14H2,1-6H3/b22-15+/t16-,19+,20+,21+,23+,24+/m1/s1. The van der Waals surface area contributed by atoms with Crippen molar-refractivity contribution >= 4 is 11.8 Å². The Balaban J connectivity index is 2.24. The third kappa shape index (κ3) is 5.25. The van der Waals surface area contributed by atoms with Crippen LogP contribution < -0.4 is 0 Å². The molecule has 0 saturated heterocycles. The largest absolute Gasteiger partial charge is 0.463 e. The van der Waals surface area contributed by atoms with Crippen molar-refractivity contribution in [2.45, 2.75) is 105 Å². The van der Waals surface area contributed by atoms with Gasteiger partial charge in [0, 0.05) is 6.92 Å². The molecule has 0 aromatic heterocycles. The average molecular weight is 393 g/mol. The molecule has 0 bridgehead atoms. The highest BCUT2D eigenvalue weighted by atomic mass is 16.5. The number of hydrogen-bond acceptors (Lipinski definition) is 4. The monoisotopic (exact) mass is 392 g/mol. The maximum atomic E-state index is 12.0. The van der Waals surface area contributed by atoms with Crippen LogP contribution in [-0.2, 0) is 14.3 Å². The van der Waals surface area contributed by atoms with E-state index in [1.54, 1.807) is 6.92 Å². The Labute approximate surface area is 171 Å². The van der Waals surface area contributed by atoms with Crippen LogP contribution in [0.25, 0.3) is 0 Å². The number of ether oxygens (including phenoxy) is 1. The minimum atomic E-state index is -0.322. The van der Waals surface area contributed by atoms with Crippen LogP contribution in [0, 0.1) is 23.2 Å². The van der Waals surface area contributed by atoms with Crippen molar-refractivity contribution in [1.29, 1.82) is 0 Å². The van der Waals surface area contributed by atoms with Crippen LogP contribution in [0.4, 0.5) is 0 Å². The molecule has 0 amide bonds. The number of aliphatic hydroxyl groups excluding tert-OH is 1. The second kappa shape index (κ2) is 9.56. The van der Waals surface area contributed by atoms with Crippen molar-refractivity contribution in [1.82, 2.24) is 0 Å². The maximum Gasteiger partial charge on any atom is 0.302 e. The molecule has 2 aliphatic rings. The van der Waals surface area contributed by atoms with E-state index in [4.69, 9.17) is 4.74 Å². The first-order valence-corrected chi connectivity index (χ1v) is 11.1. The molecule has 2 aliphatic carbocycles. The number of allylic oxidation sites excluding steroid dienone is 2. The van der Waals surface area contributed by atoms with E-state index in [1.807, 2.05) is 6.92 Å². The van der Waals surface area contributed by atoms with E-state index in [2.05, 4.69) is 20.8 Å². The second-order valence-corrected chi connectivity index (χ2v) is 9.61. The molecular weight excluding hydrogens is 352 g/mol. The molecule has 0 aromatic rings. The van der Waals surface area contributed by atoms with Gasteiger partial charge in [-0.2, -0.15) is 0 Å². The van der Waals surface area contributed by atoms with Gasteiger partial charge < -0.3 is 9.84 Å². The molecule has 2 rings (SSSR count). The number of carbonyl (C=O) groups excluding carboxylic acids is 2. The Bertz CT molecular complexity index is 606. The Morgan fingerprint density at radius 1 is 1.18 bits per heavy atom. The fourth-order valence-corrected chi connectivity index (χ4v) is 6.25. The van der Waals surface area contributed by atoms with Gasteiger partial charge in [0.1, 0.15) is 6.10 Å². The molecule has 28 heavy (non-hydrogen) atoms. The number of aliphatic hydroxyl groups is 1. The summed E-state index contributed by atoms with van der Waals surface area (Å²) in [6.07, 6.45) is 7.45. The van der Waals surface area contributed by atoms with Crippen LogP contribution in [0.15, 0.2) is 11.1 Å². The predicted molar refractivity (Wildman–Crippen MR) is 112 cm³/mol. The molecule has 0 heterocycles. The summed E-state index contributed by atoms with van der Waals surface area (Å²) in [7, 11) is 0. The first kappa shape index (κ1) is 23.1. The lowest BCUT2D eigenvalue weighted by Crippen LogP contribution is -2.49. The van der Waals surface area contributed by atoms with E-state index < -0.39 is 0 Å². The van der Waals surface area contributed by atoms with Gasteiger partial charge in [0.25, 0.3) is 0 Å². The fraction of sp³-hybridized carbons (Fsp3) is 0.833. The Morgan fingerprint density at radius 2 is 1.86 bits per heavy atom. The van der Waals surface area contributed by atoms with Crippen LogP contribution in [0.5, 0.6) is 0 Å². The van der Waals surface area contributed by atoms with Gasteiger partial charge in [-0.25, -0.2) is 0 Å². The first-order valence-electron chi connectivity index (χ1n) is 11.1. The minimum Gasteiger partial charge on any atom is -0.463 e. The SMILES string of the molecule is CC/C(C(C)=O)=C(/C)C[C@@H]1CC[C@H]2C[C@@H](OC(C)=O)CC[C@]2(C)[C@H]1C[C@@H](C)O. The quantitative estimate of drug-likeness (QED) is 0.476. The molecular formula is C24H40O4. The summed E-state index contributed by atoms with van der Waals surface area (Å²) in [4.78, 5) is 23.4. The topological polar surface area (TPSA) is 63.6 Å². The fourth-order valence-electron chi connectivity index (χ4n) is 6.25. The first-order chi connectivity index (χ1) is 13.1. The molecule has 160 valence electrons. The molecule has 2 saturated carbocycles. The summed E-state index contributed by atoms with van der Waals surface area (Å²) >= 11 is 0. The highest BCUT2D eigenvalue weighted by Crippen LogP contribution is 2.58. The van der Waals surface area contributed by atoms with Gasteiger partial charge in [0.2, 0.25) is 0 Å². The van der Waals surface area contributed by atoms with Crippen LogP contribution in [0.1, 0.15) is 92.9 Å². The van der Waals surface area contributed by atoms with E-state index in [1.165, 1.54) is 12.5 Å². The van der Waals surface area contributed by atoms with E-state index in [-0.39, 0.29) is 29.4 Å². The van der Waals surface area contributed by atoms with Gasteiger partial charge in [-0.3, -0.25) is 9.59 Å². The molecule has 0 spiro atoms. The number of esters is 1. The highest BCUT2D eigenvalue weighted by Gasteiger charge is 2.51. The summed E-state index contributed by atoms with van der Waals surface area (Å²) in [5.41, 5.74) is 2.37. The van der Waals surface area contributed by atoms with Crippen LogP contribution in [0.2, 0.25) is 0 Å². The normalized spacial score (nSPS) is 34.8. The van der Waals surface area contributed by atoms with Gasteiger partial charge in [-0.1, -0.05) is 19.4 Å². The van der Waals surface area contributed by atoms with E-state index in [9.17, 15) is 14.7 Å². The Kier molecular flexibility index (Phi) is 7.89. The average Bonchev–Trinajstić information content (AvgIpc) is 2.57. The zero-order valence-corrected chi connectivity index (χ0v) is 18.7. The van der Waals surface area contributed by atoms with Crippen molar-refractivity contribution in [2.24, 2.45) is 23.2 Å². The smallest absolute Gasteiger partial charge is 0.302 e. The summed E-state index contributed by atoms with van der Waals surface area (Å²) in [5, 5.41) is 10.2. The minimum absolute atomic E-state index is 0.0466. The molecule has 0 unspecified atom stereocenters. The van der Waals surface area contributed by atoms with Crippen LogP contribution in [-0.4, -0.2) is 29.1 Å². The number of carbonyl (C=O) groups is 2. The van der Waals surface area contributed by atoms with Gasteiger partial charge in [-0.05, 0) is 101 Å². The van der Waals surface area contributed by atoms with Crippen molar-refractivity contribution in [2.75, 3.05) is 0 Å². The molecule has 4 nitrogen and oxygen atoms in total. The van der Waals surface area contributed by atoms with Gasteiger partial charge >= 0.3 is 5.97 Å².